The molecule has 0 aliphatic rings. The van der Waals surface area contributed by atoms with Crippen LogP contribution in [0.15, 0.2) is 42.5 Å². The Morgan fingerprint density at radius 1 is 1.27 bits per heavy atom. The molecule has 0 spiro atoms. The van der Waals surface area contributed by atoms with Gasteiger partial charge < -0.3 is 10.1 Å². The maximum absolute atomic E-state index is 11.0. The molecule has 116 valence electrons. The van der Waals surface area contributed by atoms with Gasteiger partial charge in [0.2, 0.25) is 0 Å². The molecule has 6 heteroatoms. The summed E-state index contributed by atoms with van der Waals surface area (Å²) in [6.07, 6.45) is 0. The van der Waals surface area contributed by atoms with Crippen molar-refractivity contribution >= 4 is 17.3 Å². The molecule has 0 radical (unpaired) electrons. The number of nitro groups is 1. The molecule has 0 saturated carbocycles. The summed E-state index contributed by atoms with van der Waals surface area (Å²) in [5.41, 5.74) is 1.90. The predicted octanol–water partition coefficient (Wildman–Crippen LogP) is 4.11. The normalized spacial score (nSPS) is 12.0. The number of halogens is 1. The lowest BCUT2D eigenvalue weighted by molar-refractivity contribution is -0.385. The predicted molar refractivity (Wildman–Crippen MR) is 86.4 cm³/mol. The number of nitro benzene ring substituents is 1. The summed E-state index contributed by atoms with van der Waals surface area (Å²) in [4.78, 5) is 10.6. The van der Waals surface area contributed by atoms with Crippen LogP contribution in [0.4, 0.5) is 5.69 Å². The van der Waals surface area contributed by atoms with Gasteiger partial charge in [0.25, 0.3) is 0 Å². The van der Waals surface area contributed by atoms with Crippen molar-refractivity contribution in [3.05, 3.63) is 68.7 Å². The van der Waals surface area contributed by atoms with Crippen molar-refractivity contribution in [3.8, 4) is 5.75 Å². The Balaban J connectivity index is 2.06. The second-order valence-electron chi connectivity index (χ2n) is 4.92. The lowest BCUT2D eigenvalue weighted by atomic mass is 10.1. The van der Waals surface area contributed by atoms with Crippen LogP contribution >= 0.6 is 11.6 Å². The molecule has 0 heterocycles. The van der Waals surface area contributed by atoms with Crippen LogP contribution < -0.4 is 10.1 Å². The molecule has 0 bridgehead atoms. The molecule has 22 heavy (non-hydrogen) atoms. The van der Waals surface area contributed by atoms with E-state index in [0.717, 1.165) is 11.1 Å². The highest BCUT2D eigenvalue weighted by Crippen LogP contribution is 2.27. The van der Waals surface area contributed by atoms with Gasteiger partial charge in [-0.25, -0.2) is 0 Å². The first-order valence-corrected chi connectivity index (χ1v) is 7.19. The first-order valence-electron chi connectivity index (χ1n) is 6.81. The van der Waals surface area contributed by atoms with Crippen LogP contribution in [0.3, 0.4) is 0 Å². The quantitative estimate of drug-likeness (QED) is 0.642. The Hall–Kier alpha value is -2.11. The van der Waals surface area contributed by atoms with E-state index in [-0.39, 0.29) is 17.5 Å². The summed E-state index contributed by atoms with van der Waals surface area (Å²) in [6, 6.07) is 12.7. The van der Waals surface area contributed by atoms with E-state index in [0.29, 0.717) is 11.6 Å². The fourth-order valence-corrected chi connectivity index (χ4v) is 2.25. The van der Waals surface area contributed by atoms with Crippen molar-refractivity contribution in [1.82, 2.24) is 5.32 Å². The molecule has 0 aliphatic carbocycles. The van der Waals surface area contributed by atoms with Gasteiger partial charge in [-0.1, -0.05) is 29.8 Å². The van der Waals surface area contributed by atoms with E-state index in [1.807, 2.05) is 37.3 Å². The summed E-state index contributed by atoms with van der Waals surface area (Å²) in [5.74, 6) is 0.263. The Kier molecular flexibility index (Phi) is 5.35. The zero-order valence-corrected chi connectivity index (χ0v) is 13.1. The largest absolute Gasteiger partial charge is 0.490 e. The number of hydrogen-bond donors (Lipinski definition) is 1. The number of rotatable bonds is 6. The van der Waals surface area contributed by atoms with Crippen LogP contribution in [-0.2, 0) is 6.54 Å². The highest BCUT2D eigenvalue weighted by molar-refractivity contribution is 6.30. The second-order valence-corrected chi connectivity index (χ2v) is 5.35. The van der Waals surface area contributed by atoms with Gasteiger partial charge in [0.15, 0.2) is 5.75 Å². The van der Waals surface area contributed by atoms with Crippen molar-refractivity contribution in [3.63, 3.8) is 0 Å². The van der Waals surface area contributed by atoms with E-state index in [1.165, 1.54) is 13.2 Å². The summed E-state index contributed by atoms with van der Waals surface area (Å²) in [7, 11) is 1.42. The first-order chi connectivity index (χ1) is 10.5. The van der Waals surface area contributed by atoms with E-state index < -0.39 is 4.92 Å². The lowest BCUT2D eigenvalue weighted by Gasteiger charge is -2.14. The molecular formula is C16H17ClN2O3. The maximum Gasteiger partial charge on any atom is 0.311 e. The number of hydrogen-bond acceptors (Lipinski definition) is 4. The van der Waals surface area contributed by atoms with E-state index >= 15 is 0 Å². The first kappa shape index (κ1) is 16.3. The SMILES string of the molecule is COc1ccc(CNC(C)c2ccc(Cl)cc2)cc1[N+](=O)[O-]. The fourth-order valence-electron chi connectivity index (χ4n) is 2.13. The Bertz CT molecular complexity index is 659. The molecule has 1 atom stereocenters. The minimum atomic E-state index is -0.440. The summed E-state index contributed by atoms with van der Waals surface area (Å²) >= 11 is 5.87. The average Bonchev–Trinajstić information content (AvgIpc) is 2.53. The zero-order valence-electron chi connectivity index (χ0n) is 12.4. The standard InChI is InChI=1S/C16H17ClN2O3/c1-11(13-4-6-14(17)7-5-13)18-10-12-3-8-16(22-2)15(9-12)19(20)21/h3-9,11,18H,10H2,1-2H3. The van der Waals surface area contributed by atoms with Crippen LogP contribution in [0.1, 0.15) is 24.1 Å². The average molecular weight is 321 g/mol. The summed E-state index contributed by atoms with van der Waals surface area (Å²) in [6.45, 7) is 2.55. The number of benzene rings is 2. The van der Waals surface area contributed by atoms with Gasteiger partial charge in [-0.05, 0) is 36.2 Å². The Morgan fingerprint density at radius 2 is 1.95 bits per heavy atom. The molecule has 2 rings (SSSR count). The third kappa shape index (κ3) is 3.96. The molecule has 2 aromatic rings. The van der Waals surface area contributed by atoms with Gasteiger partial charge >= 0.3 is 5.69 Å². The van der Waals surface area contributed by atoms with Crippen molar-refractivity contribution < 1.29 is 9.66 Å². The second kappa shape index (κ2) is 7.24. The highest BCUT2D eigenvalue weighted by Gasteiger charge is 2.15. The third-order valence-corrected chi connectivity index (χ3v) is 3.67. The minimum Gasteiger partial charge on any atom is -0.490 e. The molecule has 1 N–H and O–H groups in total. The van der Waals surface area contributed by atoms with Gasteiger partial charge in [-0.3, -0.25) is 10.1 Å². The van der Waals surface area contributed by atoms with Gasteiger partial charge in [0.05, 0.1) is 12.0 Å². The molecule has 5 nitrogen and oxygen atoms in total. The van der Waals surface area contributed by atoms with Crippen LogP contribution in [-0.4, -0.2) is 12.0 Å². The van der Waals surface area contributed by atoms with Crippen LogP contribution in [0.2, 0.25) is 5.02 Å². The Labute approximate surface area is 134 Å². The van der Waals surface area contributed by atoms with Gasteiger partial charge in [0, 0.05) is 23.7 Å². The monoisotopic (exact) mass is 320 g/mol. The van der Waals surface area contributed by atoms with Crippen molar-refractivity contribution in [2.45, 2.75) is 19.5 Å². The molecule has 0 fully saturated rings. The van der Waals surface area contributed by atoms with Crippen LogP contribution in [0, 0.1) is 10.1 Å². The number of ether oxygens (including phenoxy) is 1. The minimum absolute atomic E-state index is 0.0269. The van der Waals surface area contributed by atoms with E-state index in [9.17, 15) is 10.1 Å². The number of nitrogens with one attached hydrogen (secondary N) is 1. The van der Waals surface area contributed by atoms with Gasteiger partial charge in [0.1, 0.15) is 0 Å². The van der Waals surface area contributed by atoms with Crippen molar-refractivity contribution in [2.75, 3.05) is 7.11 Å². The van der Waals surface area contributed by atoms with E-state index in [2.05, 4.69) is 5.32 Å². The van der Waals surface area contributed by atoms with Gasteiger partial charge in [-0.2, -0.15) is 0 Å². The van der Waals surface area contributed by atoms with E-state index in [4.69, 9.17) is 16.3 Å². The number of nitrogens with zero attached hydrogens (tertiary/aromatic N) is 1. The molecule has 2 aromatic carbocycles. The van der Waals surface area contributed by atoms with E-state index in [1.54, 1.807) is 6.07 Å². The molecule has 0 aliphatic heterocycles. The van der Waals surface area contributed by atoms with Crippen LogP contribution in [0.25, 0.3) is 0 Å². The van der Waals surface area contributed by atoms with Crippen LogP contribution in [0.5, 0.6) is 5.75 Å². The highest BCUT2D eigenvalue weighted by atomic mass is 35.5. The third-order valence-electron chi connectivity index (χ3n) is 3.42. The molecule has 0 aromatic heterocycles. The van der Waals surface area contributed by atoms with Gasteiger partial charge in [-0.15, -0.1) is 0 Å². The maximum atomic E-state index is 11.0. The molecule has 0 saturated heterocycles. The topological polar surface area (TPSA) is 64.4 Å². The number of methoxy groups -OCH3 is 1. The molecular weight excluding hydrogens is 304 g/mol. The fraction of sp³-hybridized carbons (Fsp3) is 0.250. The lowest BCUT2D eigenvalue weighted by Crippen LogP contribution is -2.18. The molecule has 0 amide bonds. The zero-order chi connectivity index (χ0) is 16.1. The summed E-state index contributed by atoms with van der Waals surface area (Å²) in [5, 5.41) is 15.0. The smallest absolute Gasteiger partial charge is 0.311 e. The molecule has 1 unspecified atom stereocenters. The summed E-state index contributed by atoms with van der Waals surface area (Å²) < 4.78 is 4.99. The Morgan fingerprint density at radius 3 is 2.55 bits per heavy atom. The van der Waals surface area contributed by atoms with Crippen molar-refractivity contribution in [1.29, 1.82) is 0 Å². The van der Waals surface area contributed by atoms with Crippen molar-refractivity contribution in [2.24, 2.45) is 0 Å².